The van der Waals surface area contributed by atoms with Gasteiger partial charge in [0.1, 0.15) is 0 Å². The van der Waals surface area contributed by atoms with Crippen molar-refractivity contribution in [3.63, 3.8) is 0 Å². The normalized spacial score (nSPS) is 14.4. The average molecular weight is 446 g/mol. The standard InChI is InChI=1S/C10H15.3C2H6N.Hf/c1-7-6-10(4,5)9(3)8(7)2;3*1-3-2;/h1-5H3;3*1-2H3;/q4*-1;+4. The van der Waals surface area contributed by atoms with Gasteiger partial charge in [0.25, 0.3) is 0 Å². The molecule has 0 unspecified atom stereocenters. The van der Waals surface area contributed by atoms with E-state index in [1.54, 1.807) is 42.3 Å². The maximum atomic E-state index is 3.50. The molecule has 0 aliphatic heterocycles. The predicted octanol–water partition coefficient (Wildman–Crippen LogP) is 4.97. The Hall–Kier alpha value is 0.230. The van der Waals surface area contributed by atoms with Gasteiger partial charge in [0, 0.05) is 0 Å². The summed E-state index contributed by atoms with van der Waals surface area (Å²) in [4.78, 5) is 0. The van der Waals surface area contributed by atoms with Crippen molar-refractivity contribution in [2.24, 2.45) is 5.41 Å². The fourth-order valence-corrected chi connectivity index (χ4v) is 1.41. The quantitative estimate of drug-likeness (QED) is 0.373. The molecule has 0 atom stereocenters. The van der Waals surface area contributed by atoms with E-state index in [-0.39, 0.29) is 31.3 Å². The van der Waals surface area contributed by atoms with Crippen LogP contribution in [0.15, 0.2) is 16.7 Å². The second-order valence-electron chi connectivity index (χ2n) is 4.97. The summed E-state index contributed by atoms with van der Waals surface area (Å²) in [5, 5.41) is 10.5. The van der Waals surface area contributed by atoms with E-state index in [4.69, 9.17) is 0 Å². The largest absolute Gasteiger partial charge is 4.00 e. The molecular weight excluding hydrogens is 413 g/mol. The third kappa shape index (κ3) is 14.6. The molecule has 0 aromatic heterocycles. The van der Waals surface area contributed by atoms with Crippen LogP contribution in [0.25, 0.3) is 16.0 Å². The first kappa shape index (κ1) is 28.4. The second-order valence-corrected chi connectivity index (χ2v) is 4.97. The van der Waals surface area contributed by atoms with Crippen molar-refractivity contribution < 1.29 is 25.8 Å². The molecule has 20 heavy (non-hydrogen) atoms. The van der Waals surface area contributed by atoms with Gasteiger partial charge in [-0.3, -0.25) is 6.08 Å². The SMILES string of the molecule is CC1=[C-]C(C)(C)C(C)=C1C.C[N-]C.C[N-]C.C[N-]C.[Hf+4]. The zero-order valence-electron chi connectivity index (χ0n) is 15.3. The molecule has 0 saturated carbocycles. The monoisotopic (exact) mass is 447 g/mol. The average Bonchev–Trinajstić information content (AvgIpc) is 2.45. The van der Waals surface area contributed by atoms with Crippen molar-refractivity contribution in [2.75, 3.05) is 42.3 Å². The Morgan fingerprint density at radius 2 is 1.00 bits per heavy atom. The van der Waals surface area contributed by atoms with E-state index in [2.05, 4.69) is 56.6 Å². The van der Waals surface area contributed by atoms with Crippen molar-refractivity contribution in [3.05, 3.63) is 38.7 Å². The molecule has 116 valence electrons. The molecule has 3 nitrogen and oxygen atoms in total. The third-order valence-corrected chi connectivity index (χ3v) is 2.56. The first-order chi connectivity index (χ1) is 8.69. The van der Waals surface area contributed by atoms with Gasteiger partial charge in [-0.2, -0.15) is 53.4 Å². The number of nitrogens with zero attached hydrogens (tertiary/aromatic N) is 3. The minimum Gasteiger partial charge on any atom is -0.668 e. The zero-order chi connectivity index (χ0) is 16.1. The summed E-state index contributed by atoms with van der Waals surface area (Å²) in [6.07, 6.45) is 3.44. The van der Waals surface area contributed by atoms with Gasteiger partial charge in [0.05, 0.1) is 0 Å². The van der Waals surface area contributed by atoms with Gasteiger partial charge in [-0.05, 0) is 0 Å². The number of rotatable bonds is 0. The Bertz CT molecular complexity index is 264. The van der Waals surface area contributed by atoms with Crippen LogP contribution >= 0.6 is 0 Å². The van der Waals surface area contributed by atoms with E-state index in [1.807, 2.05) is 0 Å². The van der Waals surface area contributed by atoms with Crippen LogP contribution in [0.4, 0.5) is 0 Å². The smallest absolute Gasteiger partial charge is 0.668 e. The summed E-state index contributed by atoms with van der Waals surface area (Å²) in [6, 6.07) is 0. The van der Waals surface area contributed by atoms with Crippen LogP contribution in [0.1, 0.15) is 34.6 Å². The van der Waals surface area contributed by atoms with E-state index >= 15 is 0 Å². The number of hydrogen-bond donors (Lipinski definition) is 0. The third-order valence-electron chi connectivity index (χ3n) is 2.56. The second kappa shape index (κ2) is 17.3. The van der Waals surface area contributed by atoms with E-state index in [0.717, 1.165) is 0 Å². The van der Waals surface area contributed by atoms with Crippen LogP contribution in [-0.4, -0.2) is 42.3 Å². The van der Waals surface area contributed by atoms with Crippen LogP contribution in [0.2, 0.25) is 0 Å². The summed E-state index contributed by atoms with van der Waals surface area (Å²) in [6.45, 7) is 10.9. The van der Waals surface area contributed by atoms with Gasteiger partial charge in [-0.1, -0.05) is 33.1 Å². The van der Waals surface area contributed by atoms with Crippen LogP contribution in [0, 0.1) is 11.5 Å². The Kier molecular flexibility index (Phi) is 24.5. The molecule has 0 saturated heterocycles. The fourth-order valence-electron chi connectivity index (χ4n) is 1.41. The van der Waals surface area contributed by atoms with Gasteiger partial charge in [-0.15, -0.1) is 6.92 Å². The van der Waals surface area contributed by atoms with E-state index in [9.17, 15) is 0 Å². The maximum absolute atomic E-state index is 3.50. The van der Waals surface area contributed by atoms with Gasteiger partial charge in [-0.25, -0.2) is 5.57 Å². The van der Waals surface area contributed by atoms with Crippen LogP contribution in [-0.2, 0) is 25.8 Å². The summed E-state index contributed by atoms with van der Waals surface area (Å²) < 4.78 is 0. The molecule has 0 spiro atoms. The Morgan fingerprint density at radius 3 is 1.05 bits per heavy atom. The van der Waals surface area contributed by atoms with Gasteiger partial charge >= 0.3 is 25.8 Å². The Balaban J connectivity index is -0.000000108. The molecule has 0 fully saturated rings. The molecule has 0 amide bonds. The molecule has 0 aromatic carbocycles. The van der Waals surface area contributed by atoms with Crippen LogP contribution < -0.4 is 0 Å². The topological polar surface area (TPSA) is 42.3 Å². The minimum atomic E-state index is 0. The maximum Gasteiger partial charge on any atom is 4.00 e. The molecule has 1 aliphatic carbocycles. The number of allylic oxidation sites excluding steroid dienone is 4. The molecule has 4 heteroatoms. The Labute approximate surface area is 146 Å². The van der Waals surface area contributed by atoms with Crippen molar-refractivity contribution in [2.45, 2.75) is 34.6 Å². The van der Waals surface area contributed by atoms with Crippen molar-refractivity contribution in [3.8, 4) is 0 Å². The van der Waals surface area contributed by atoms with Crippen molar-refractivity contribution in [1.29, 1.82) is 0 Å². The van der Waals surface area contributed by atoms with E-state index in [0.29, 0.717) is 0 Å². The fraction of sp³-hybridized carbons (Fsp3) is 0.750. The Morgan fingerprint density at radius 1 is 0.750 bits per heavy atom. The zero-order valence-corrected chi connectivity index (χ0v) is 18.9. The molecule has 0 bridgehead atoms. The molecule has 0 N–H and O–H groups in total. The van der Waals surface area contributed by atoms with Crippen molar-refractivity contribution in [1.82, 2.24) is 0 Å². The predicted molar refractivity (Wildman–Crippen MR) is 90.2 cm³/mol. The summed E-state index contributed by atoms with van der Waals surface area (Å²) >= 11 is 0. The molecular formula is C16H33HfN3. The van der Waals surface area contributed by atoms with Gasteiger partial charge < -0.3 is 16.0 Å². The van der Waals surface area contributed by atoms with E-state index < -0.39 is 0 Å². The van der Waals surface area contributed by atoms with Crippen LogP contribution in [0.5, 0.6) is 0 Å². The van der Waals surface area contributed by atoms with Crippen molar-refractivity contribution >= 4 is 0 Å². The van der Waals surface area contributed by atoms with Gasteiger partial charge in [0.2, 0.25) is 0 Å². The molecule has 0 aromatic rings. The summed E-state index contributed by atoms with van der Waals surface area (Å²) in [7, 11) is 10.5. The molecule has 1 aliphatic rings. The molecule has 0 heterocycles. The van der Waals surface area contributed by atoms with Crippen LogP contribution in [0.3, 0.4) is 0 Å². The van der Waals surface area contributed by atoms with Gasteiger partial charge in [0.15, 0.2) is 0 Å². The number of hydrogen-bond acceptors (Lipinski definition) is 0. The minimum absolute atomic E-state index is 0. The molecule has 1 rings (SSSR count). The molecule has 0 radical (unpaired) electrons. The summed E-state index contributed by atoms with van der Waals surface area (Å²) in [5.41, 5.74) is 4.39. The first-order valence-electron chi connectivity index (χ1n) is 6.43. The first-order valence-corrected chi connectivity index (χ1v) is 6.43. The summed E-state index contributed by atoms with van der Waals surface area (Å²) in [5.74, 6) is 0. The van der Waals surface area contributed by atoms with E-state index in [1.165, 1.54) is 16.7 Å².